The van der Waals surface area contributed by atoms with Gasteiger partial charge in [0.2, 0.25) is 5.88 Å². The van der Waals surface area contributed by atoms with E-state index in [2.05, 4.69) is 28.7 Å². The highest BCUT2D eigenvalue weighted by Gasteiger charge is 2.28. The molecule has 0 spiro atoms. The van der Waals surface area contributed by atoms with Gasteiger partial charge in [0.1, 0.15) is 6.10 Å². The predicted molar refractivity (Wildman–Crippen MR) is 103 cm³/mol. The molecule has 0 saturated heterocycles. The van der Waals surface area contributed by atoms with E-state index in [9.17, 15) is 4.79 Å². The normalized spacial score (nSPS) is 20.0. The first-order valence-electron chi connectivity index (χ1n) is 9.43. The Balaban J connectivity index is 1.34. The number of amides is 2. The summed E-state index contributed by atoms with van der Waals surface area (Å²) in [5.41, 5.74) is 2.30. The fourth-order valence-electron chi connectivity index (χ4n) is 3.87. The van der Waals surface area contributed by atoms with Crippen LogP contribution < -0.4 is 10.1 Å². The minimum Gasteiger partial charge on any atom is -0.474 e. The molecular formula is C20H25N3O2S. The smallest absolute Gasteiger partial charge is 0.318 e. The van der Waals surface area contributed by atoms with Crippen molar-refractivity contribution in [3.8, 4) is 5.88 Å². The van der Waals surface area contributed by atoms with Crippen LogP contribution in [-0.2, 0) is 13.0 Å². The van der Waals surface area contributed by atoms with Crippen molar-refractivity contribution in [1.29, 1.82) is 0 Å². The fourth-order valence-corrected chi connectivity index (χ4v) is 4.83. The van der Waals surface area contributed by atoms with E-state index in [0.717, 1.165) is 31.4 Å². The van der Waals surface area contributed by atoms with Crippen LogP contribution in [0.4, 0.5) is 4.79 Å². The zero-order valence-electron chi connectivity index (χ0n) is 15.1. The summed E-state index contributed by atoms with van der Waals surface area (Å²) in [7, 11) is 0. The molecule has 4 rings (SSSR count). The number of urea groups is 1. The average molecular weight is 372 g/mol. The molecule has 1 fully saturated rings. The number of hydrogen-bond donors (Lipinski definition) is 1. The first-order valence-corrected chi connectivity index (χ1v) is 10.3. The van der Waals surface area contributed by atoms with Crippen molar-refractivity contribution in [3.05, 3.63) is 45.8 Å². The molecule has 26 heavy (non-hydrogen) atoms. The van der Waals surface area contributed by atoms with E-state index in [1.807, 2.05) is 17.0 Å². The van der Waals surface area contributed by atoms with Crippen molar-refractivity contribution < 1.29 is 9.53 Å². The zero-order valence-corrected chi connectivity index (χ0v) is 15.9. The number of thiophene rings is 1. The molecule has 1 saturated carbocycles. The van der Waals surface area contributed by atoms with Crippen LogP contribution in [-0.4, -0.2) is 28.6 Å². The molecule has 5 nitrogen and oxygen atoms in total. The van der Waals surface area contributed by atoms with Crippen molar-refractivity contribution in [2.24, 2.45) is 0 Å². The molecule has 138 valence electrons. The van der Waals surface area contributed by atoms with Gasteiger partial charge in [-0.2, -0.15) is 0 Å². The lowest BCUT2D eigenvalue weighted by molar-refractivity contribution is 0.175. The topological polar surface area (TPSA) is 54.5 Å². The number of hydrogen-bond acceptors (Lipinski definition) is 4. The zero-order chi connectivity index (χ0) is 17.9. The van der Waals surface area contributed by atoms with E-state index >= 15 is 0 Å². The Hall–Kier alpha value is -2.08. The number of nitrogens with zero attached hydrogens (tertiary/aromatic N) is 2. The van der Waals surface area contributed by atoms with Crippen LogP contribution >= 0.6 is 11.3 Å². The highest BCUT2D eigenvalue weighted by atomic mass is 32.1. The lowest BCUT2D eigenvalue weighted by Crippen LogP contribution is -2.44. The molecule has 1 aliphatic carbocycles. The van der Waals surface area contributed by atoms with Crippen LogP contribution in [0.2, 0.25) is 0 Å². The quantitative estimate of drug-likeness (QED) is 0.872. The first-order chi connectivity index (χ1) is 12.7. The van der Waals surface area contributed by atoms with E-state index in [4.69, 9.17) is 4.74 Å². The SMILES string of the molecule is C[C@@H]1c2ccsc2CCN1C(=O)NCc1ccnc(OC2CCCC2)c1. The molecule has 1 atom stereocenters. The first kappa shape index (κ1) is 17.3. The third kappa shape index (κ3) is 3.70. The Labute approximate surface area is 158 Å². The number of aromatic nitrogens is 1. The second kappa shape index (κ2) is 7.66. The maximum Gasteiger partial charge on any atom is 0.318 e. The Morgan fingerprint density at radius 2 is 2.23 bits per heavy atom. The van der Waals surface area contributed by atoms with E-state index in [1.165, 1.54) is 23.3 Å². The number of carbonyl (C=O) groups excluding carboxylic acids is 1. The van der Waals surface area contributed by atoms with E-state index in [1.54, 1.807) is 17.5 Å². The van der Waals surface area contributed by atoms with Crippen molar-refractivity contribution in [3.63, 3.8) is 0 Å². The van der Waals surface area contributed by atoms with Gasteiger partial charge in [0.25, 0.3) is 0 Å². The Bertz CT molecular complexity index is 770. The van der Waals surface area contributed by atoms with Crippen LogP contribution in [0.5, 0.6) is 5.88 Å². The summed E-state index contributed by atoms with van der Waals surface area (Å²) < 4.78 is 5.95. The van der Waals surface area contributed by atoms with Crippen LogP contribution in [0.1, 0.15) is 54.7 Å². The molecule has 0 bridgehead atoms. The molecule has 1 N–H and O–H groups in total. The summed E-state index contributed by atoms with van der Waals surface area (Å²) in [5.74, 6) is 0.665. The van der Waals surface area contributed by atoms with Gasteiger partial charge in [-0.25, -0.2) is 9.78 Å². The number of ether oxygens (including phenoxy) is 1. The van der Waals surface area contributed by atoms with Crippen molar-refractivity contribution >= 4 is 17.4 Å². The summed E-state index contributed by atoms with van der Waals surface area (Å²) in [5, 5.41) is 5.17. The molecule has 6 heteroatoms. The van der Waals surface area contributed by atoms with Gasteiger partial charge >= 0.3 is 6.03 Å². The summed E-state index contributed by atoms with van der Waals surface area (Å²) >= 11 is 1.79. The van der Waals surface area contributed by atoms with Crippen molar-refractivity contribution in [2.45, 2.75) is 57.7 Å². The molecule has 0 aromatic carbocycles. The molecule has 1 aliphatic heterocycles. The third-order valence-electron chi connectivity index (χ3n) is 5.37. The Morgan fingerprint density at radius 1 is 1.38 bits per heavy atom. The van der Waals surface area contributed by atoms with E-state index in [0.29, 0.717) is 18.5 Å². The Morgan fingerprint density at radius 3 is 3.08 bits per heavy atom. The minimum atomic E-state index is -0.00979. The van der Waals surface area contributed by atoms with Gasteiger partial charge in [-0.1, -0.05) is 0 Å². The number of nitrogens with one attached hydrogen (secondary N) is 1. The molecule has 2 aromatic heterocycles. The van der Waals surface area contributed by atoms with Gasteiger partial charge in [-0.3, -0.25) is 0 Å². The highest BCUT2D eigenvalue weighted by molar-refractivity contribution is 7.10. The number of pyridine rings is 1. The van der Waals surface area contributed by atoms with Crippen molar-refractivity contribution in [2.75, 3.05) is 6.54 Å². The number of carbonyl (C=O) groups is 1. The molecule has 3 heterocycles. The second-order valence-corrected chi connectivity index (χ2v) is 8.10. The summed E-state index contributed by atoms with van der Waals surface area (Å²) in [6.07, 6.45) is 7.69. The monoisotopic (exact) mass is 371 g/mol. The lowest BCUT2D eigenvalue weighted by atomic mass is 10.0. The molecule has 0 radical (unpaired) electrons. The number of fused-ring (bicyclic) bond motifs is 1. The van der Waals surface area contributed by atoms with Gasteiger partial charge in [-0.15, -0.1) is 11.3 Å². The molecule has 2 amide bonds. The minimum absolute atomic E-state index is 0.00979. The van der Waals surface area contributed by atoms with Gasteiger partial charge < -0.3 is 15.0 Å². The second-order valence-electron chi connectivity index (χ2n) is 7.10. The standard InChI is InChI=1S/C20H25N3O2S/c1-14-17-8-11-26-18(17)7-10-23(14)20(24)22-13-15-6-9-21-19(12-15)25-16-4-2-3-5-16/h6,8-9,11-12,14,16H,2-5,7,10,13H2,1H3,(H,22,24)/t14-/m1/s1. The number of rotatable bonds is 4. The fraction of sp³-hybridized carbons (Fsp3) is 0.500. The largest absolute Gasteiger partial charge is 0.474 e. The van der Waals surface area contributed by atoms with E-state index in [-0.39, 0.29) is 12.1 Å². The Kier molecular flexibility index (Phi) is 5.11. The molecule has 2 aromatic rings. The molecule has 0 unspecified atom stereocenters. The van der Waals surface area contributed by atoms with E-state index < -0.39 is 0 Å². The van der Waals surface area contributed by atoms with Gasteiger partial charge in [0.15, 0.2) is 0 Å². The summed E-state index contributed by atoms with van der Waals surface area (Å²) in [6.45, 7) is 3.36. The molecular weight excluding hydrogens is 346 g/mol. The third-order valence-corrected chi connectivity index (χ3v) is 6.37. The van der Waals surface area contributed by atoms with Crippen LogP contribution in [0.15, 0.2) is 29.8 Å². The van der Waals surface area contributed by atoms with Gasteiger partial charge in [0, 0.05) is 30.2 Å². The average Bonchev–Trinajstić information content (AvgIpc) is 3.32. The van der Waals surface area contributed by atoms with Crippen LogP contribution in [0, 0.1) is 0 Å². The maximum absolute atomic E-state index is 12.6. The summed E-state index contributed by atoms with van der Waals surface area (Å²) in [6, 6.07) is 6.13. The van der Waals surface area contributed by atoms with Crippen molar-refractivity contribution in [1.82, 2.24) is 15.2 Å². The highest BCUT2D eigenvalue weighted by Crippen LogP contribution is 2.32. The summed E-state index contributed by atoms with van der Waals surface area (Å²) in [4.78, 5) is 20.3. The predicted octanol–water partition coefficient (Wildman–Crippen LogP) is 4.29. The lowest BCUT2D eigenvalue weighted by Gasteiger charge is -2.33. The van der Waals surface area contributed by atoms with Crippen LogP contribution in [0.3, 0.4) is 0 Å². The van der Waals surface area contributed by atoms with Gasteiger partial charge in [0.05, 0.1) is 6.04 Å². The van der Waals surface area contributed by atoms with Crippen LogP contribution in [0.25, 0.3) is 0 Å². The molecule has 2 aliphatic rings. The maximum atomic E-state index is 12.6. The van der Waals surface area contributed by atoms with Gasteiger partial charge in [-0.05, 0) is 67.7 Å².